The standard InChI is InChI=1S/C24H18S.C21H27N2.C10H12O.ClH.Ru.H2/c25-24-22(19-12-6-2-7-13-19)16-21(18-10-4-1-5-11-18)17-23(24)20-14-8-3-9-15-20;1-14-9-16(3)20(17(4)10-14)22-7-8-23(13-22)21-18(5)11-15(2)12-19(21)6;1-8(2)11-10-7-5-4-6-9(10)3;;;/h1-17,25H;9-13H,7-8H2,1-6H3;3-8H,1-2H3;1H;;1H/q;;;;+2;/p-2. The van der Waals surface area contributed by atoms with Crippen molar-refractivity contribution in [2.24, 2.45) is 0 Å². The van der Waals surface area contributed by atoms with E-state index in [4.69, 9.17) is 23.6 Å². The van der Waals surface area contributed by atoms with Crippen molar-refractivity contribution in [1.82, 2.24) is 0 Å². The van der Waals surface area contributed by atoms with Gasteiger partial charge >= 0.3 is 19.5 Å². The van der Waals surface area contributed by atoms with E-state index in [0.717, 1.165) is 46.0 Å². The summed E-state index contributed by atoms with van der Waals surface area (Å²) in [5.74, 6) is 0.766. The van der Waals surface area contributed by atoms with E-state index in [1.54, 1.807) is 0 Å². The molecule has 0 atom stereocenters. The number of anilines is 2. The Labute approximate surface area is 391 Å². The number of allylic oxidation sites excluding steroid dienone is 5. The van der Waals surface area contributed by atoms with Gasteiger partial charge in [0.25, 0.3) is 6.10 Å². The number of nitrogens with zero attached hydrogens (tertiary/aromatic N) is 2. The Hall–Kier alpha value is -5.06. The molecule has 6 aromatic carbocycles. The molecule has 1 aliphatic carbocycles. The van der Waals surface area contributed by atoms with Crippen molar-refractivity contribution in [1.29, 1.82) is 0 Å². The molecule has 6 heteroatoms. The van der Waals surface area contributed by atoms with Crippen molar-refractivity contribution in [2.45, 2.75) is 66.4 Å². The second kappa shape index (κ2) is 22.7. The molecule has 0 N–H and O–H groups in total. The molecule has 0 amide bonds. The van der Waals surface area contributed by atoms with Crippen molar-refractivity contribution < 1.29 is 37.7 Å². The first-order chi connectivity index (χ1) is 28.4. The predicted molar refractivity (Wildman–Crippen MR) is 257 cm³/mol. The van der Waals surface area contributed by atoms with Crippen LogP contribution in [0, 0.1) is 54.8 Å². The van der Waals surface area contributed by atoms with Crippen molar-refractivity contribution >= 4 is 29.8 Å². The molecule has 1 aliphatic heterocycles. The zero-order chi connectivity index (χ0) is 42.1. The van der Waals surface area contributed by atoms with Gasteiger partial charge in [-0.1, -0.05) is 138 Å². The zero-order valence-electron chi connectivity index (χ0n) is 36.5. The maximum absolute atomic E-state index is 5.87. The van der Waals surface area contributed by atoms with Gasteiger partial charge in [-0.3, -0.25) is 0 Å². The van der Waals surface area contributed by atoms with Gasteiger partial charge in [0.05, 0.1) is 0 Å². The third-order valence-electron chi connectivity index (χ3n) is 10.4. The third kappa shape index (κ3) is 12.5. The summed E-state index contributed by atoms with van der Waals surface area (Å²) in [5.41, 5.74) is 18.4. The first kappa shape index (κ1) is 48.6. The fourth-order valence-corrected chi connectivity index (χ4v) is 8.37. The Balaban J connectivity index is 0.000000258. The molecule has 1 saturated heterocycles. The molecule has 315 valence electrons. The van der Waals surface area contributed by atoms with E-state index in [1.807, 2.05) is 56.4 Å². The third-order valence-corrected chi connectivity index (χ3v) is 10.8. The number of ketones is 1. The zero-order valence-corrected chi connectivity index (χ0v) is 39.8. The number of benzene rings is 6. The van der Waals surface area contributed by atoms with Crippen molar-refractivity contribution in [3.63, 3.8) is 0 Å². The molecule has 1 fully saturated rings. The fourth-order valence-electron chi connectivity index (χ4n) is 8.02. The van der Waals surface area contributed by atoms with Crippen LogP contribution in [-0.2, 0) is 36.5 Å². The van der Waals surface area contributed by atoms with E-state index >= 15 is 0 Å². The Morgan fingerprint density at radius 1 is 0.557 bits per heavy atom. The molecule has 8 rings (SSSR count). The maximum atomic E-state index is 5.87. The smallest absolute Gasteiger partial charge is 1.00 e. The summed E-state index contributed by atoms with van der Waals surface area (Å²) in [6, 6.07) is 44.8. The summed E-state index contributed by atoms with van der Waals surface area (Å²) in [6.07, 6.45) is 7.68. The first-order valence-corrected chi connectivity index (χ1v) is 20.9. The van der Waals surface area contributed by atoms with Crippen LogP contribution in [0.3, 0.4) is 0 Å². The molecular weight excluding hydrogens is 873 g/mol. The minimum Gasteiger partial charge on any atom is -1.00 e. The molecule has 61 heavy (non-hydrogen) atoms. The summed E-state index contributed by atoms with van der Waals surface area (Å²) in [6.45, 7) is 27.2. The van der Waals surface area contributed by atoms with Gasteiger partial charge in [-0.05, 0) is 115 Å². The quantitative estimate of drug-likeness (QED) is 0.0545. The van der Waals surface area contributed by atoms with Crippen molar-refractivity contribution in [3.8, 4) is 33.4 Å². The van der Waals surface area contributed by atoms with Gasteiger partial charge in [0.15, 0.2) is 0 Å². The Bertz CT molecular complexity index is 2330. The predicted octanol–water partition coefficient (Wildman–Crippen LogP) is 10.8. The molecule has 3 nitrogen and oxygen atoms in total. The average Bonchev–Trinajstić information content (AvgIpc) is 3.68. The van der Waals surface area contributed by atoms with Gasteiger partial charge in [0.1, 0.15) is 6.67 Å². The first-order valence-electron chi connectivity index (χ1n) is 20.5. The topological polar surface area (TPSA) is 17.8 Å². The molecule has 0 bridgehead atoms. The van der Waals surface area contributed by atoms with Crippen molar-refractivity contribution in [3.05, 3.63) is 204 Å². The summed E-state index contributed by atoms with van der Waals surface area (Å²) in [4.78, 5) is 5.71. The molecule has 2 aliphatic rings. The molecule has 1 heterocycles. The number of carbonyl (C=O) groups excluding carboxylic acids is 1. The number of hydrogen-bond acceptors (Lipinski definition) is 3. The molecule has 0 spiro atoms. The van der Waals surface area contributed by atoms with Gasteiger partial charge in [0, 0.05) is 39.7 Å². The average molecular weight is 932 g/mol. The van der Waals surface area contributed by atoms with Gasteiger partial charge in [-0.25, -0.2) is 6.58 Å². The van der Waals surface area contributed by atoms with Crippen LogP contribution in [0.2, 0.25) is 0 Å². The van der Waals surface area contributed by atoms with Crippen LogP contribution in [0.1, 0.15) is 48.7 Å². The van der Waals surface area contributed by atoms with Crippen LogP contribution < -0.4 is 22.2 Å². The number of hydrogen-bond donors (Lipinski definition) is 0. The molecule has 1 radical (unpaired) electrons. The Morgan fingerprint density at radius 3 is 1.31 bits per heavy atom. The van der Waals surface area contributed by atoms with E-state index in [-0.39, 0.29) is 39.4 Å². The van der Waals surface area contributed by atoms with E-state index in [2.05, 4.69) is 167 Å². The Kier molecular flexibility index (Phi) is 18.1. The molecule has 0 aromatic heterocycles. The fraction of sp³-hybridized carbons (Fsp3) is 0.200. The van der Waals surface area contributed by atoms with Crippen LogP contribution in [0.15, 0.2) is 162 Å². The van der Waals surface area contributed by atoms with Crippen molar-refractivity contribution in [2.75, 3.05) is 22.9 Å². The summed E-state index contributed by atoms with van der Waals surface area (Å²) in [5, 5.41) is 0. The summed E-state index contributed by atoms with van der Waals surface area (Å²) < 4.78 is 5.42. The van der Waals surface area contributed by atoms with E-state index in [1.165, 1.54) is 55.9 Å². The van der Waals surface area contributed by atoms with Crippen LogP contribution in [0.4, 0.5) is 11.4 Å². The summed E-state index contributed by atoms with van der Waals surface area (Å²) >= 11 is 5.87. The van der Waals surface area contributed by atoms with Gasteiger partial charge in [0.2, 0.25) is 5.78 Å². The molecule has 6 aromatic rings. The summed E-state index contributed by atoms with van der Waals surface area (Å²) in [7, 11) is 0. The van der Waals surface area contributed by atoms with E-state index in [9.17, 15) is 0 Å². The number of aryl methyl sites for hydroxylation is 6. The maximum Gasteiger partial charge on any atom is 2.00 e. The SMILES string of the molecule is Cc1cc(C)c(N2[CH]N(c3c(C)cc(C)cc3C)CC2)c(C)c1.[CH-]=C1C=CC=CC1=[O+]C(C)C.[Cl-].[HH].[Ru+2].[S-]c1c(-c2ccccc2)cc(-c2ccccc2)cc1-c1ccccc1. The number of halogens is 1. The largest absolute Gasteiger partial charge is 2.00 e. The van der Waals surface area contributed by atoms with Crippen LogP contribution in [-0.4, -0.2) is 25.0 Å². The van der Waals surface area contributed by atoms with Crippen LogP contribution in [0.25, 0.3) is 33.4 Å². The molecule has 0 unspecified atom stereocenters. The second-order valence-corrected chi connectivity index (χ2v) is 16.1. The van der Waals surface area contributed by atoms with Gasteiger partial charge < -0.3 is 39.3 Å². The van der Waals surface area contributed by atoms with Gasteiger partial charge in [-0.15, -0.1) is 6.08 Å². The molecule has 0 saturated carbocycles. The normalized spacial score (nSPS) is 13.5. The molecular formula is C55H58ClN2ORuS. The second-order valence-electron chi connectivity index (χ2n) is 15.7. The minimum atomic E-state index is 0. The van der Waals surface area contributed by atoms with Crippen LogP contribution in [0.5, 0.6) is 0 Å². The van der Waals surface area contributed by atoms with Gasteiger partial charge in [-0.2, -0.15) is 11.0 Å². The number of rotatable bonds is 6. The van der Waals surface area contributed by atoms with E-state index in [0.29, 0.717) is 5.57 Å². The van der Waals surface area contributed by atoms with E-state index < -0.39 is 0 Å². The monoisotopic (exact) mass is 931 g/mol. The minimum absolute atomic E-state index is 0. The van der Waals surface area contributed by atoms with Crippen LogP contribution >= 0.6 is 0 Å². The Morgan fingerprint density at radius 2 is 0.934 bits per heavy atom.